The van der Waals surface area contributed by atoms with Crippen molar-refractivity contribution in [2.24, 2.45) is 7.05 Å². The lowest BCUT2D eigenvalue weighted by Gasteiger charge is -2.10. The zero-order valence-corrected chi connectivity index (χ0v) is 10.9. The lowest BCUT2D eigenvalue weighted by molar-refractivity contribution is -0.150. The number of hydrogen-bond donors (Lipinski definition) is 1. The molecule has 1 aromatic heterocycles. The first-order chi connectivity index (χ1) is 8.06. The van der Waals surface area contributed by atoms with Crippen molar-refractivity contribution in [3.05, 3.63) is 28.4 Å². The molecule has 17 heavy (non-hydrogen) atoms. The Morgan fingerprint density at radius 3 is 2.94 bits per heavy atom. The van der Waals surface area contributed by atoms with E-state index in [0.717, 1.165) is 5.39 Å². The Kier molecular flexibility index (Phi) is 3.17. The van der Waals surface area contributed by atoms with Crippen molar-refractivity contribution in [1.82, 2.24) is 9.78 Å². The van der Waals surface area contributed by atoms with Crippen molar-refractivity contribution < 1.29 is 14.6 Å². The first-order valence-electron chi connectivity index (χ1n) is 4.93. The molecule has 1 unspecified atom stereocenters. The monoisotopic (exact) mass is 298 g/mol. The SMILES string of the molecule is COC(=O)C(O)c1cccc2c(Br)nn(C)c12. The molecule has 1 atom stereocenters. The van der Waals surface area contributed by atoms with Crippen LogP contribution in [0.5, 0.6) is 0 Å². The van der Waals surface area contributed by atoms with Crippen LogP contribution in [0.2, 0.25) is 0 Å². The number of aromatic nitrogens is 2. The van der Waals surface area contributed by atoms with Crippen LogP contribution in [0.15, 0.2) is 22.8 Å². The Hall–Kier alpha value is -1.40. The summed E-state index contributed by atoms with van der Waals surface area (Å²) in [5.74, 6) is -0.685. The molecule has 90 valence electrons. The van der Waals surface area contributed by atoms with Crippen LogP contribution in [0.25, 0.3) is 10.9 Å². The van der Waals surface area contributed by atoms with Crippen LogP contribution >= 0.6 is 15.9 Å². The predicted molar refractivity (Wildman–Crippen MR) is 65.4 cm³/mol. The third-order valence-electron chi connectivity index (χ3n) is 2.57. The number of aryl methyl sites for hydroxylation is 1. The maximum Gasteiger partial charge on any atom is 0.339 e. The Bertz CT molecular complexity index is 579. The summed E-state index contributed by atoms with van der Waals surface area (Å²) in [6, 6.07) is 5.30. The maximum atomic E-state index is 11.4. The van der Waals surface area contributed by atoms with E-state index in [1.54, 1.807) is 23.9 Å². The van der Waals surface area contributed by atoms with Crippen molar-refractivity contribution >= 4 is 32.8 Å². The number of carbonyl (C=O) groups excluding carboxylic acids is 1. The minimum atomic E-state index is -1.30. The normalized spacial score (nSPS) is 12.7. The van der Waals surface area contributed by atoms with Gasteiger partial charge in [-0.2, -0.15) is 5.10 Å². The van der Waals surface area contributed by atoms with Gasteiger partial charge in [0.1, 0.15) is 4.60 Å². The third kappa shape index (κ3) is 1.94. The Balaban J connectivity index is 2.66. The number of methoxy groups -OCH3 is 1. The van der Waals surface area contributed by atoms with Gasteiger partial charge in [0, 0.05) is 18.0 Å². The molecule has 2 rings (SSSR count). The van der Waals surface area contributed by atoms with Crippen LogP contribution in [-0.2, 0) is 16.6 Å². The smallest absolute Gasteiger partial charge is 0.339 e. The van der Waals surface area contributed by atoms with Crippen molar-refractivity contribution in [2.45, 2.75) is 6.10 Å². The van der Waals surface area contributed by atoms with E-state index < -0.39 is 12.1 Å². The molecule has 0 bridgehead atoms. The van der Waals surface area contributed by atoms with E-state index in [1.165, 1.54) is 7.11 Å². The van der Waals surface area contributed by atoms with E-state index in [4.69, 9.17) is 0 Å². The van der Waals surface area contributed by atoms with Crippen LogP contribution in [0.3, 0.4) is 0 Å². The molecule has 0 amide bonds. The minimum Gasteiger partial charge on any atom is -0.467 e. The first kappa shape index (κ1) is 12.1. The number of fused-ring (bicyclic) bond motifs is 1. The largest absolute Gasteiger partial charge is 0.467 e. The number of halogens is 1. The number of aliphatic hydroxyl groups is 1. The number of nitrogens with zero attached hydrogens (tertiary/aromatic N) is 2. The third-order valence-corrected chi connectivity index (χ3v) is 3.16. The molecule has 0 radical (unpaired) electrons. The molecule has 0 aliphatic rings. The molecule has 1 N–H and O–H groups in total. The quantitative estimate of drug-likeness (QED) is 0.854. The Morgan fingerprint density at radius 1 is 1.59 bits per heavy atom. The number of carbonyl (C=O) groups is 1. The van der Waals surface area contributed by atoms with Gasteiger partial charge < -0.3 is 9.84 Å². The maximum absolute atomic E-state index is 11.4. The highest BCUT2D eigenvalue weighted by molar-refractivity contribution is 9.10. The summed E-state index contributed by atoms with van der Waals surface area (Å²) in [5, 5.41) is 14.9. The van der Waals surface area contributed by atoms with Crippen LogP contribution in [0.4, 0.5) is 0 Å². The Labute approximate surface area is 106 Å². The summed E-state index contributed by atoms with van der Waals surface area (Å²) in [4.78, 5) is 11.4. The minimum absolute atomic E-state index is 0.482. The zero-order chi connectivity index (χ0) is 12.6. The van der Waals surface area contributed by atoms with E-state index >= 15 is 0 Å². The number of ether oxygens (including phenoxy) is 1. The van der Waals surface area contributed by atoms with Gasteiger partial charge >= 0.3 is 5.97 Å². The molecule has 0 fully saturated rings. The van der Waals surface area contributed by atoms with Gasteiger partial charge in [0.05, 0.1) is 12.6 Å². The van der Waals surface area contributed by atoms with Crippen LogP contribution in [0, 0.1) is 0 Å². The second-order valence-corrected chi connectivity index (χ2v) is 4.33. The molecule has 0 saturated heterocycles. The number of benzene rings is 1. The molecule has 2 aromatic rings. The van der Waals surface area contributed by atoms with Crippen LogP contribution in [0.1, 0.15) is 11.7 Å². The summed E-state index contributed by atoms with van der Waals surface area (Å²) in [6.45, 7) is 0. The van der Waals surface area contributed by atoms with Crippen molar-refractivity contribution in [3.8, 4) is 0 Å². The molecule has 1 aromatic carbocycles. The van der Waals surface area contributed by atoms with Gasteiger partial charge in [-0.25, -0.2) is 4.79 Å². The summed E-state index contributed by atoms with van der Waals surface area (Å²) < 4.78 is 6.82. The number of aliphatic hydroxyl groups excluding tert-OH is 1. The van der Waals surface area contributed by atoms with Gasteiger partial charge in [-0.15, -0.1) is 0 Å². The van der Waals surface area contributed by atoms with Gasteiger partial charge in [0.15, 0.2) is 6.10 Å². The summed E-state index contributed by atoms with van der Waals surface area (Å²) >= 11 is 3.33. The molecule has 1 heterocycles. The van der Waals surface area contributed by atoms with E-state index in [9.17, 15) is 9.90 Å². The van der Waals surface area contributed by atoms with E-state index in [0.29, 0.717) is 15.7 Å². The van der Waals surface area contributed by atoms with Crippen molar-refractivity contribution in [3.63, 3.8) is 0 Å². The Morgan fingerprint density at radius 2 is 2.29 bits per heavy atom. The molecule has 6 heteroatoms. The molecule has 5 nitrogen and oxygen atoms in total. The average Bonchev–Trinajstić information content (AvgIpc) is 2.63. The molecule has 0 saturated carbocycles. The number of esters is 1. The summed E-state index contributed by atoms with van der Waals surface area (Å²) in [6.07, 6.45) is -1.30. The fourth-order valence-corrected chi connectivity index (χ4v) is 2.34. The van der Waals surface area contributed by atoms with Crippen molar-refractivity contribution in [2.75, 3.05) is 7.11 Å². The topological polar surface area (TPSA) is 64.3 Å². The summed E-state index contributed by atoms with van der Waals surface area (Å²) in [5.41, 5.74) is 1.19. The lowest BCUT2D eigenvalue weighted by Crippen LogP contribution is -2.14. The van der Waals surface area contributed by atoms with E-state index in [1.807, 2.05) is 6.07 Å². The van der Waals surface area contributed by atoms with E-state index in [2.05, 4.69) is 25.8 Å². The molecule has 0 spiro atoms. The van der Waals surface area contributed by atoms with Gasteiger partial charge in [-0.1, -0.05) is 18.2 Å². The van der Waals surface area contributed by atoms with E-state index in [-0.39, 0.29) is 0 Å². The molecule has 0 aliphatic carbocycles. The average molecular weight is 299 g/mol. The highest BCUT2D eigenvalue weighted by Crippen LogP contribution is 2.29. The van der Waals surface area contributed by atoms with Crippen LogP contribution < -0.4 is 0 Å². The molecule has 0 aliphatic heterocycles. The second kappa shape index (κ2) is 4.46. The highest BCUT2D eigenvalue weighted by Gasteiger charge is 2.22. The highest BCUT2D eigenvalue weighted by atomic mass is 79.9. The second-order valence-electron chi connectivity index (χ2n) is 3.58. The summed E-state index contributed by atoms with van der Waals surface area (Å²) in [7, 11) is 2.99. The van der Waals surface area contributed by atoms with Gasteiger partial charge in [-0.3, -0.25) is 4.68 Å². The standard InChI is InChI=1S/C11H11BrN2O3/c1-14-8-6(9(15)11(16)17-2)4-3-5-7(8)10(12)13-14/h3-5,9,15H,1-2H3. The van der Waals surface area contributed by atoms with Gasteiger partial charge in [-0.05, 0) is 15.9 Å². The fraction of sp³-hybridized carbons (Fsp3) is 0.273. The number of para-hydroxylation sites is 1. The fourth-order valence-electron chi connectivity index (χ4n) is 1.78. The van der Waals surface area contributed by atoms with Crippen LogP contribution in [-0.4, -0.2) is 28.0 Å². The van der Waals surface area contributed by atoms with Gasteiger partial charge in [0.2, 0.25) is 0 Å². The molecular formula is C11H11BrN2O3. The number of rotatable bonds is 2. The predicted octanol–water partition coefficient (Wildman–Crippen LogP) is 1.54. The van der Waals surface area contributed by atoms with Crippen molar-refractivity contribution in [1.29, 1.82) is 0 Å². The van der Waals surface area contributed by atoms with Gasteiger partial charge in [0.25, 0.3) is 0 Å². The zero-order valence-electron chi connectivity index (χ0n) is 9.35. The lowest BCUT2D eigenvalue weighted by atomic mass is 10.1. The number of hydrogen-bond acceptors (Lipinski definition) is 4. The first-order valence-corrected chi connectivity index (χ1v) is 5.72. The molecular weight excluding hydrogens is 288 g/mol.